The molecule has 0 radical (unpaired) electrons. The maximum absolute atomic E-state index is 3.98. The van der Waals surface area contributed by atoms with Crippen LogP contribution in [0, 0.1) is 5.41 Å². The van der Waals surface area contributed by atoms with Crippen LogP contribution >= 0.6 is 11.3 Å². The second kappa shape index (κ2) is 6.62. The van der Waals surface area contributed by atoms with E-state index in [1.807, 2.05) is 11.3 Å². The number of rotatable bonds is 5. The molecule has 0 saturated heterocycles. The number of thiophene rings is 1. The van der Waals surface area contributed by atoms with Gasteiger partial charge in [0, 0.05) is 17.0 Å². The molecular weight excluding hydrogens is 262 g/mol. The van der Waals surface area contributed by atoms with E-state index in [0.717, 1.165) is 11.5 Å². The molecule has 1 atom stereocenters. The van der Waals surface area contributed by atoms with Crippen molar-refractivity contribution in [1.82, 2.24) is 5.32 Å². The first-order valence-corrected chi connectivity index (χ1v) is 9.49. The standard InChI is InChI=1S/C18H29NS/c1-2-6-16(17-7-5-14-20-17)19-15-8-12-18(13-9-15)10-3-4-11-18/h5,7,14-16,19H,2-4,6,8-13H2,1H3. The minimum absolute atomic E-state index is 0.600. The predicted octanol–water partition coefficient (Wildman–Crippen LogP) is 5.68. The summed E-state index contributed by atoms with van der Waals surface area (Å²) >= 11 is 1.92. The topological polar surface area (TPSA) is 12.0 Å². The van der Waals surface area contributed by atoms with Gasteiger partial charge in [-0.05, 0) is 61.8 Å². The van der Waals surface area contributed by atoms with E-state index in [1.165, 1.54) is 69.1 Å². The maximum atomic E-state index is 3.98. The molecule has 3 rings (SSSR count). The summed E-state index contributed by atoms with van der Waals surface area (Å²) in [4.78, 5) is 1.54. The smallest absolute Gasteiger partial charge is 0.0416 e. The molecule has 2 aliphatic rings. The minimum Gasteiger partial charge on any atom is -0.306 e. The molecular formula is C18H29NS. The highest BCUT2D eigenvalue weighted by Gasteiger charge is 2.37. The summed E-state index contributed by atoms with van der Waals surface area (Å²) in [6.45, 7) is 2.30. The van der Waals surface area contributed by atoms with Crippen molar-refractivity contribution in [1.29, 1.82) is 0 Å². The van der Waals surface area contributed by atoms with Crippen molar-refractivity contribution < 1.29 is 0 Å². The van der Waals surface area contributed by atoms with Gasteiger partial charge in [0.1, 0.15) is 0 Å². The van der Waals surface area contributed by atoms with Crippen molar-refractivity contribution in [3.8, 4) is 0 Å². The van der Waals surface area contributed by atoms with Gasteiger partial charge in [-0.3, -0.25) is 0 Å². The van der Waals surface area contributed by atoms with Gasteiger partial charge in [-0.15, -0.1) is 11.3 Å². The van der Waals surface area contributed by atoms with Crippen molar-refractivity contribution >= 4 is 11.3 Å². The lowest BCUT2D eigenvalue weighted by atomic mass is 9.71. The molecule has 1 spiro atoms. The van der Waals surface area contributed by atoms with Crippen LogP contribution in [0.25, 0.3) is 0 Å². The summed E-state index contributed by atoms with van der Waals surface area (Å²) < 4.78 is 0. The third kappa shape index (κ3) is 3.28. The van der Waals surface area contributed by atoms with Gasteiger partial charge >= 0.3 is 0 Å². The molecule has 1 heterocycles. The van der Waals surface area contributed by atoms with E-state index in [4.69, 9.17) is 0 Å². The summed E-state index contributed by atoms with van der Waals surface area (Å²) in [7, 11) is 0. The summed E-state index contributed by atoms with van der Waals surface area (Å²) in [6, 6.07) is 5.86. The van der Waals surface area contributed by atoms with E-state index in [1.54, 1.807) is 0 Å². The van der Waals surface area contributed by atoms with E-state index in [0.29, 0.717) is 6.04 Å². The molecule has 2 aliphatic carbocycles. The number of nitrogens with one attached hydrogen (secondary N) is 1. The lowest BCUT2D eigenvalue weighted by molar-refractivity contribution is 0.162. The van der Waals surface area contributed by atoms with E-state index in [2.05, 4.69) is 29.8 Å². The van der Waals surface area contributed by atoms with E-state index in [9.17, 15) is 0 Å². The van der Waals surface area contributed by atoms with Crippen molar-refractivity contribution in [2.45, 2.75) is 83.2 Å². The van der Waals surface area contributed by atoms with Gasteiger partial charge in [0.05, 0.1) is 0 Å². The van der Waals surface area contributed by atoms with Crippen molar-refractivity contribution in [3.05, 3.63) is 22.4 Å². The molecule has 112 valence electrons. The zero-order valence-corrected chi connectivity index (χ0v) is 13.7. The van der Waals surface area contributed by atoms with Crippen molar-refractivity contribution in [3.63, 3.8) is 0 Å². The molecule has 1 unspecified atom stereocenters. The minimum atomic E-state index is 0.600. The maximum Gasteiger partial charge on any atom is 0.0416 e. The van der Waals surface area contributed by atoms with Crippen LogP contribution in [0.15, 0.2) is 17.5 Å². The Bertz CT molecular complexity index is 382. The quantitative estimate of drug-likeness (QED) is 0.735. The van der Waals surface area contributed by atoms with Gasteiger partial charge in [-0.25, -0.2) is 0 Å². The molecule has 0 amide bonds. The SMILES string of the molecule is CCCC(NC1CCC2(CCCC2)CC1)c1cccs1. The number of hydrogen-bond donors (Lipinski definition) is 1. The predicted molar refractivity (Wildman–Crippen MR) is 88.3 cm³/mol. The van der Waals surface area contributed by atoms with Crippen LogP contribution in [0.2, 0.25) is 0 Å². The molecule has 0 bridgehead atoms. The van der Waals surface area contributed by atoms with Crippen LogP contribution in [-0.4, -0.2) is 6.04 Å². The van der Waals surface area contributed by atoms with Crippen molar-refractivity contribution in [2.75, 3.05) is 0 Å². The van der Waals surface area contributed by atoms with Gasteiger partial charge in [-0.1, -0.05) is 32.3 Å². The van der Waals surface area contributed by atoms with Crippen molar-refractivity contribution in [2.24, 2.45) is 5.41 Å². The van der Waals surface area contributed by atoms with Gasteiger partial charge in [-0.2, -0.15) is 0 Å². The van der Waals surface area contributed by atoms with Gasteiger partial charge in [0.15, 0.2) is 0 Å². The molecule has 20 heavy (non-hydrogen) atoms. The Labute approximate surface area is 128 Å². The fourth-order valence-electron chi connectivity index (χ4n) is 4.39. The van der Waals surface area contributed by atoms with Crippen LogP contribution in [-0.2, 0) is 0 Å². The highest BCUT2D eigenvalue weighted by atomic mass is 32.1. The first-order valence-electron chi connectivity index (χ1n) is 8.61. The Morgan fingerprint density at radius 2 is 2.00 bits per heavy atom. The Hall–Kier alpha value is -0.340. The first-order chi connectivity index (χ1) is 9.81. The third-order valence-corrected chi connectivity index (χ3v) is 6.60. The fourth-order valence-corrected chi connectivity index (χ4v) is 5.21. The second-order valence-electron chi connectivity index (χ2n) is 7.00. The fraction of sp³-hybridized carbons (Fsp3) is 0.778. The average Bonchev–Trinajstić information content (AvgIpc) is 3.13. The molecule has 2 saturated carbocycles. The lowest BCUT2D eigenvalue weighted by Gasteiger charge is -2.39. The average molecular weight is 292 g/mol. The Morgan fingerprint density at radius 3 is 2.60 bits per heavy atom. The molecule has 2 heteroatoms. The third-order valence-electron chi connectivity index (χ3n) is 5.61. The Kier molecular flexibility index (Phi) is 4.83. The van der Waals surface area contributed by atoms with Gasteiger partial charge in [0.2, 0.25) is 0 Å². The van der Waals surface area contributed by atoms with Crippen LogP contribution in [0.5, 0.6) is 0 Å². The zero-order chi connectivity index (χ0) is 13.8. The molecule has 1 aromatic heterocycles. The van der Waals surface area contributed by atoms with Crippen LogP contribution in [0.3, 0.4) is 0 Å². The normalized spacial score (nSPS) is 24.2. The summed E-state index contributed by atoms with van der Waals surface area (Å²) in [6.07, 6.45) is 14.3. The zero-order valence-electron chi connectivity index (χ0n) is 12.9. The van der Waals surface area contributed by atoms with Crippen LogP contribution in [0.4, 0.5) is 0 Å². The van der Waals surface area contributed by atoms with E-state index >= 15 is 0 Å². The highest BCUT2D eigenvalue weighted by Crippen LogP contribution is 2.49. The monoisotopic (exact) mass is 291 g/mol. The van der Waals surface area contributed by atoms with Gasteiger partial charge in [0.25, 0.3) is 0 Å². The van der Waals surface area contributed by atoms with Crippen LogP contribution in [0.1, 0.15) is 82.1 Å². The van der Waals surface area contributed by atoms with E-state index < -0.39 is 0 Å². The molecule has 0 aromatic carbocycles. The van der Waals surface area contributed by atoms with E-state index in [-0.39, 0.29) is 0 Å². The Morgan fingerprint density at radius 1 is 1.25 bits per heavy atom. The summed E-state index contributed by atoms with van der Waals surface area (Å²) in [5.74, 6) is 0. The summed E-state index contributed by atoms with van der Waals surface area (Å²) in [5.41, 5.74) is 0.765. The second-order valence-corrected chi connectivity index (χ2v) is 7.98. The molecule has 0 aliphatic heterocycles. The summed E-state index contributed by atoms with van der Waals surface area (Å²) in [5, 5.41) is 6.19. The molecule has 2 fully saturated rings. The van der Waals surface area contributed by atoms with Gasteiger partial charge < -0.3 is 5.32 Å². The van der Waals surface area contributed by atoms with Crippen LogP contribution < -0.4 is 5.32 Å². The highest BCUT2D eigenvalue weighted by molar-refractivity contribution is 7.10. The molecule has 1 nitrogen and oxygen atoms in total. The Balaban J connectivity index is 1.54. The number of hydrogen-bond acceptors (Lipinski definition) is 2. The largest absolute Gasteiger partial charge is 0.306 e. The lowest BCUT2D eigenvalue weighted by Crippen LogP contribution is -2.38. The first kappa shape index (κ1) is 14.6. The molecule has 1 N–H and O–H groups in total. The molecule has 1 aromatic rings.